The van der Waals surface area contributed by atoms with Crippen molar-refractivity contribution >= 4 is 33.2 Å². The van der Waals surface area contributed by atoms with E-state index in [9.17, 15) is 9.18 Å². The molecule has 1 amide bonds. The van der Waals surface area contributed by atoms with E-state index >= 15 is 0 Å². The highest BCUT2D eigenvalue weighted by atomic mass is 79.9. The Morgan fingerprint density at radius 2 is 2.00 bits per heavy atom. The van der Waals surface area contributed by atoms with Crippen LogP contribution in [0, 0.1) is 5.82 Å². The fourth-order valence-corrected chi connectivity index (χ4v) is 1.88. The highest BCUT2D eigenvalue weighted by Crippen LogP contribution is 2.20. The minimum absolute atomic E-state index is 0.350. The predicted octanol–water partition coefficient (Wildman–Crippen LogP) is 3.42. The Labute approximate surface area is 112 Å². The van der Waals surface area contributed by atoms with Crippen molar-refractivity contribution in [3.05, 3.63) is 58.3 Å². The van der Waals surface area contributed by atoms with Gasteiger partial charge in [-0.3, -0.25) is 4.79 Å². The highest BCUT2D eigenvalue weighted by Gasteiger charge is 2.10. The maximum Gasteiger partial charge on any atom is 0.257 e. The molecule has 0 saturated carbocycles. The van der Waals surface area contributed by atoms with Crippen LogP contribution in [0.15, 0.2) is 46.9 Å². The molecule has 92 valence electrons. The van der Waals surface area contributed by atoms with Crippen molar-refractivity contribution < 1.29 is 9.18 Å². The Morgan fingerprint density at radius 3 is 2.67 bits per heavy atom. The molecule has 3 N–H and O–H groups in total. The number of rotatable bonds is 2. The van der Waals surface area contributed by atoms with E-state index in [-0.39, 0.29) is 5.91 Å². The smallest absolute Gasteiger partial charge is 0.257 e. The van der Waals surface area contributed by atoms with Gasteiger partial charge in [-0.25, -0.2) is 4.39 Å². The van der Waals surface area contributed by atoms with E-state index in [0.29, 0.717) is 16.9 Å². The third-order valence-corrected chi connectivity index (χ3v) is 2.83. The zero-order valence-electron chi connectivity index (χ0n) is 9.28. The van der Waals surface area contributed by atoms with Crippen molar-refractivity contribution in [2.45, 2.75) is 0 Å². The average Bonchev–Trinajstić information content (AvgIpc) is 2.28. The van der Waals surface area contributed by atoms with Gasteiger partial charge in [0, 0.05) is 15.8 Å². The van der Waals surface area contributed by atoms with Gasteiger partial charge in [0.25, 0.3) is 5.91 Å². The number of hydrogen-bond donors (Lipinski definition) is 2. The van der Waals surface area contributed by atoms with Crippen LogP contribution >= 0.6 is 15.9 Å². The van der Waals surface area contributed by atoms with Crippen LogP contribution in [0.25, 0.3) is 0 Å². The molecule has 0 radical (unpaired) electrons. The lowest BCUT2D eigenvalue weighted by Crippen LogP contribution is -2.14. The summed E-state index contributed by atoms with van der Waals surface area (Å²) in [5, 5.41) is 2.59. The molecule has 0 saturated heterocycles. The molecular formula is C13H10BrFN2O. The zero-order valence-corrected chi connectivity index (χ0v) is 10.9. The van der Waals surface area contributed by atoms with Gasteiger partial charge in [-0.15, -0.1) is 0 Å². The first-order valence-corrected chi connectivity index (χ1v) is 5.97. The van der Waals surface area contributed by atoms with Gasteiger partial charge in [0.15, 0.2) is 0 Å². The van der Waals surface area contributed by atoms with Crippen LogP contribution in [0.4, 0.5) is 15.8 Å². The maximum atomic E-state index is 13.0. The molecule has 0 aliphatic rings. The average molecular weight is 309 g/mol. The highest BCUT2D eigenvalue weighted by molar-refractivity contribution is 9.10. The van der Waals surface area contributed by atoms with Crippen molar-refractivity contribution in [1.29, 1.82) is 0 Å². The lowest BCUT2D eigenvalue weighted by Gasteiger charge is -2.07. The standard InChI is InChI=1S/C13H10BrFN2O/c14-8-4-5-11(12(16)6-8)13(18)17-10-3-1-2-9(15)7-10/h1-7H,16H2,(H,17,18). The second-order valence-electron chi connectivity index (χ2n) is 3.70. The number of nitrogen functional groups attached to an aromatic ring is 1. The van der Waals surface area contributed by atoms with E-state index < -0.39 is 5.82 Å². The molecule has 0 aliphatic heterocycles. The van der Waals surface area contributed by atoms with E-state index in [1.807, 2.05) is 0 Å². The third-order valence-electron chi connectivity index (χ3n) is 2.34. The largest absolute Gasteiger partial charge is 0.398 e. The normalized spacial score (nSPS) is 10.1. The minimum Gasteiger partial charge on any atom is -0.398 e. The molecule has 0 spiro atoms. The summed E-state index contributed by atoms with van der Waals surface area (Å²) in [6, 6.07) is 10.6. The Kier molecular flexibility index (Phi) is 3.62. The second-order valence-corrected chi connectivity index (χ2v) is 4.61. The summed E-state index contributed by atoms with van der Waals surface area (Å²) in [7, 11) is 0. The third kappa shape index (κ3) is 2.87. The lowest BCUT2D eigenvalue weighted by molar-refractivity contribution is 0.102. The van der Waals surface area contributed by atoms with Crippen molar-refractivity contribution in [3.63, 3.8) is 0 Å². The molecule has 0 bridgehead atoms. The molecule has 0 heterocycles. The first-order chi connectivity index (χ1) is 8.56. The van der Waals surface area contributed by atoms with Gasteiger partial charge in [0.05, 0.1) is 5.56 Å². The molecule has 0 fully saturated rings. The fraction of sp³-hybridized carbons (Fsp3) is 0. The van der Waals surface area contributed by atoms with Gasteiger partial charge in [0.1, 0.15) is 5.82 Å². The predicted molar refractivity (Wildman–Crippen MR) is 72.9 cm³/mol. The fourth-order valence-electron chi connectivity index (χ4n) is 1.51. The summed E-state index contributed by atoms with van der Waals surface area (Å²) >= 11 is 3.26. The molecule has 0 aromatic heterocycles. The monoisotopic (exact) mass is 308 g/mol. The topological polar surface area (TPSA) is 55.1 Å². The summed E-state index contributed by atoms with van der Waals surface area (Å²) in [6.45, 7) is 0. The van der Waals surface area contributed by atoms with E-state index in [2.05, 4.69) is 21.2 Å². The van der Waals surface area contributed by atoms with Crippen LogP contribution in [0.2, 0.25) is 0 Å². The zero-order chi connectivity index (χ0) is 13.1. The second kappa shape index (κ2) is 5.18. The van der Waals surface area contributed by atoms with E-state index in [1.54, 1.807) is 24.3 Å². The summed E-state index contributed by atoms with van der Waals surface area (Å²) in [5.74, 6) is -0.776. The molecule has 18 heavy (non-hydrogen) atoms. The van der Waals surface area contributed by atoms with Crippen molar-refractivity contribution in [2.24, 2.45) is 0 Å². The van der Waals surface area contributed by atoms with Gasteiger partial charge >= 0.3 is 0 Å². The number of halogens is 2. The summed E-state index contributed by atoms with van der Waals surface area (Å²) in [6.07, 6.45) is 0. The van der Waals surface area contributed by atoms with Crippen LogP contribution in [0.5, 0.6) is 0 Å². The van der Waals surface area contributed by atoms with Crippen molar-refractivity contribution in [3.8, 4) is 0 Å². The lowest BCUT2D eigenvalue weighted by atomic mass is 10.1. The number of carbonyl (C=O) groups is 1. The number of nitrogens with one attached hydrogen (secondary N) is 1. The Balaban J connectivity index is 2.22. The molecule has 0 aliphatic carbocycles. The van der Waals surface area contributed by atoms with Gasteiger partial charge < -0.3 is 11.1 Å². The molecule has 2 aromatic carbocycles. The SMILES string of the molecule is Nc1cc(Br)ccc1C(=O)Nc1cccc(F)c1. The van der Waals surface area contributed by atoms with E-state index in [0.717, 1.165) is 4.47 Å². The number of hydrogen-bond acceptors (Lipinski definition) is 2. The van der Waals surface area contributed by atoms with Crippen LogP contribution in [0.3, 0.4) is 0 Å². The maximum absolute atomic E-state index is 13.0. The molecule has 3 nitrogen and oxygen atoms in total. The number of benzene rings is 2. The summed E-state index contributed by atoms with van der Waals surface area (Å²) in [4.78, 5) is 11.9. The number of amides is 1. The van der Waals surface area contributed by atoms with Gasteiger partial charge in [0.2, 0.25) is 0 Å². The molecule has 2 rings (SSSR count). The van der Waals surface area contributed by atoms with Crippen molar-refractivity contribution in [1.82, 2.24) is 0 Å². The quantitative estimate of drug-likeness (QED) is 0.835. The van der Waals surface area contributed by atoms with Crippen LogP contribution < -0.4 is 11.1 Å². The Hall–Kier alpha value is -1.88. The summed E-state index contributed by atoms with van der Waals surface area (Å²) in [5.41, 5.74) is 6.84. The van der Waals surface area contributed by atoms with Crippen molar-refractivity contribution in [2.75, 3.05) is 11.1 Å². The van der Waals surface area contributed by atoms with E-state index in [4.69, 9.17) is 5.73 Å². The molecule has 2 aromatic rings. The molecular weight excluding hydrogens is 299 g/mol. The Morgan fingerprint density at radius 1 is 1.22 bits per heavy atom. The van der Waals surface area contributed by atoms with Gasteiger partial charge in [-0.2, -0.15) is 0 Å². The number of nitrogens with two attached hydrogens (primary N) is 1. The van der Waals surface area contributed by atoms with Gasteiger partial charge in [-0.1, -0.05) is 22.0 Å². The Bertz CT molecular complexity index is 601. The molecule has 0 atom stereocenters. The van der Waals surface area contributed by atoms with Crippen LogP contribution in [-0.4, -0.2) is 5.91 Å². The number of carbonyl (C=O) groups excluding carboxylic acids is 1. The van der Waals surface area contributed by atoms with Gasteiger partial charge in [-0.05, 0) is 36.4 Å². The minimum atomic E-state index is -0.406. The van der Waals surface area contributed by atoms with E-state index in [1.165, 1.54) is 18.2 Å². The van der Waals surface area contributed by atoms with Crippen LogP contribution in [-0.2, 0) is 0 Å². The first-order valence-electron chi connectivity index (χ1n) is 5.18. The van der Waals surface area contributed by atoms with Crippen LogP contribution in [0.1, 0.15) is 10.4 Å². The number of anilines is 2. The first kappa shape index (κ1) is 12.6. The molecule has 5 heteroatoms. The summed E-state index contributed by atoms with van der Waals surface area (Å²) < 4.78 is 13.8. The molecule has 0 unspecified atom stereocenters.